The third-order valence-electron chi connectivity index (χ3n) is 2.23. The van der Waals surface area contributed by atoms with E-state index in [2.05, 4.69) is 21.1 Å². The number of anilines is 1. The largest absolute Gasteiger partial charge is 0.454 e. The van der Waals surface area contributed by atoms with Gasteiger partial charge in [0.2, 0.25) is 6.79 Å². The number of halogens is 1. The highest BCUT2D eigenvalue weighted by Crippen LogP contribution is 2.43. The highest BCUT2D eigenvalue weighted by molar-refractivity contribution is 9.10. The molecule has 2 heterocycles. The Morgan fingerprint density at radius 2 is 2.12 bits per heavy atom. The van der Waals surface area contributed by atoms with Crippen LogP contribution in [0.3, 0.4) is 0 Å². The van der Waals surface area contributed by atoms with Crippen molar-refractivity contribution in [2.24, 2.45) is 0 Å². The molecule has 0 saturated carbocycles. The quantitative estimate of drug-likeness (QED) is 0.870. The summed E-state index contributed by atoms with van der Waals surface area (Å²) in [5.74, 6) is 2.22. The van der Waals surface area contributed by atoms with Crippen LogP contribution in [0, 0.1) is 0 Å². The van der Waals surface area contributed by atoms with Gasteiger partial charge in [-0.05, 0) is 12.1 Å². The number of hydrogen-bond acceptors (Lipinski definition) is 5. The minimum absolute atomic E-state index is 0.211. The van der Waals surface area contributed by atoms with Crippen LogP contribution in [0.5, 0.6) is 11.5 Å². The fraction of sp³-hybridized carbons (Fsp3) is 0.100. The van der Waals surface area contributed by atoms with Gasteiger partial charge in [0, 0.05) is 10.5 Å². The molecule has 2 N–H and O–H groups in total. The molecule has 82 valence electrons. The predicted molar refractivity (Wildman–Crippen MR) is 60.2 cm³/mol. The number of hydrogen-bond donors (Lipinski definition) is 1. The first-order chi connectivity index (χ1) is 7.74. The number of benzene rings is 1. The Hall–Kier alpha value is -1.69. The fourth-order valence-electron chi connectivity index (χ4n) is 1.58. The number of nitrogens with zero attached hydrogens (tertiary/aromatic N) is 1. The van der Waals surface area contributed by atoms with Gasteiger partial charge in [0.05, 0.1) is 5.56 Å². The van der Waals surface area contributed by atoms with E-state index in [0.717, 1.165) is 10.0 Å². The minimum Gasteiger partial charge on any atom is -0.454 e. The van der Waals surface area contributed by atoms with Crippen LogP contribution in [0.15, 0.2) is 27.2 Å². The van der Waals surface area contributed by atoms with Crippen molar-refractivity contribution in [2.75, 3.05) is 12.5 Å². The van der Waals surface area contributed by atoms with Crippen molar-refractivity contribution in [3.8, 4) is 22.8 Å². The number of ether oxygens (including phenoxy) is 2. The van der Waals surface area contributed by atoms with E-state index < -0.39 is 0 Å². The Bertz CT molecular complexity index is 553. The van der Waals surface area contributed by atoms with Gasteiger partial charge in [-0.1, -0.05) is 21.1 Å². The summed E-state index contributed by atoms with van der Waals surface area (Å²) in [4.78, 5) is 0. The molecule has 1 aromatic heterocycles. The van der Waals surface area contributed by atoms with Crippen molar-refractivity contribution in [1.29, 1.82) is 0 Å². The normalized spacial score (nSPS) is 13.1. The van der Waals surface area contributed by atoms with E-state index in [4.69, 9.17) is 19.7 Å². The average molecular weight is 283 g/mol. The summed E-state index contributed by atoms with van der Waals surface area (Å²) >= 11 is 3.39. The zero-order valence-electron chi connectivity index (χ0n) is 8.07. The van der Waals surface area contributed by atoms with E-state index in [0.29, 0.717) is 23.1 Å². The maximum atomic E-state index is 5.51. The second kappa shape index (κ2) is 3.41. The first-order valence-electron chi connectivity index (χ1n) is 4.56. The van der Waals surface area contributed by atoms with Crippen molar-refractivity contribution in [2.45, 2.75) is 0 Å². The molecule has 3 rings (SSSR count). The highest BCUT2D eigenvalue weighted by atomic mass is 79.9. The van der Waals surface area contributed by atoms with Crippen LogP contribution in [0.25, 0.3) is 11.3 Å². The van der Waals surface area contributed by atoms with Gasteiger partial charge in [-0.2, -0.15) is 0 Å². The van der Waals surface area contributed by atoms with Gasteiger partial charge in [-0.25, -0.2) is 0 Å². The summed E-state index contributed by atoms with van der Waals surface area (Å²) in [6, 6.07) is 5.35. The molecule has 1 aliphatic rings. The van der Waals surface area contributed by atoms with E-state index in [1.807, 2.05) is 12.1 Å². The molecule has 6 heteroatoms. The van der Waals surface area contributed by atoms with Gasteiger partial charge in [0.15, 0.2) is 23.1 Å². The second-order valence-electron chi connectivity index (χ2n) is 3.30. The lowest BCUT2D eigenvalue weighted by atomic mass is 10.1. The minimum atomic E-state index is 0.211. The second-order valence-corrected chi connectivity index (χ2v) is 4.22. The van der Waals surface area contributed by atoms with Crippen LogP contribution in [-0.2, 0) is 0 Å². The van der Waals surface area contributed by atoms with Crippen LogP contribution in [0.4, 0.5) is 5.82 Å². The first-order valence-corrected chi connectivity index (χ1v) is 5.35. The molecule has 0 amide bonds. The van der Waals surface area contributed by atoms with Crippen LogP contribution in [0.2, 0.25) is 0 Å². The fourth-order valence-corrected chi connectivity index (χ4v) is 2.01. The lowest BCUT2D eigenvalue weighted by Crippen LogP contribution is -1.93. The van der Waals surface area contributed by atoms with Gasteiger partial charge in [-0.3, -0.25) is 0 Å². The Labute approximate surface area is 99.2 Å². The molecule has 16 heavy (non-hydrogen) atoms. The van der Waals surface area contributed by atoms with Gasteiger partial charge in [0.1, 0.15) is 0 Å². The standard InChI is InChI=1S/C10H7BrN2O3/c11-5-1-6(7-3-9(12)13-16-7)10-8(2-5)14-4-15-10/h1-3H,4H2,(H2,12,13). The molecule has 1 aromatic carbocycles. The average Bonchev–Trinajstić information content (AvgIpc) is 2.84. The smallest absolute Gasteiger partial charge is 0.231 e. The van der Waals surface area contributed by atoms with E-state index in [9.17, 15) is 0 Å². The van der Waals surface area contributed by atoms with Crippen LogP contribution < -0.4 is 15.2 Å². The molecule has 0 spiro atoms. The molecule has 0 fully saturated rings. The number of nitrogens with two attached hydrogens (primary N) is 1. The number of aromatic nitrogens is 1. The maximum absolute atomic E-state index is 5.51. The topological polar surface area (TPSA) is 70.5 Å². The first kappa shape index (κ1) is 9.53. The lowest BCUT2D eigenvalue weighted by molar-refractivity contribution is 0.174. The molecular formula is C10H7BrN2O3. The maximum Gasteiger partial charge on any atom is 0.231 e. The van der Waals surface area contributed by atoms with Gasteiger partial charge >= 0.3 is 0 Å². The van der Waals surface area contributed by atoms with E-state index in [1.54, 1.807) is 6.07 Å². The summed E-state index contributed by atoms with van der Waals surface area (Å²) < 4.78 is 16.7. The number of nitrogen functional groups attached to an aromatic ring is 1. The van der Waals surface area contributed by atoms with Crippen molar-refractivity contribution in [3.05, 3.63) is 22.7 Å². The van der Waals surface area contributed by atoms with Crippen molar-refractivity contribution < 1.29 is 14.0 Å². The molecule has 0 unspecified atom stereocenters. The molecule has 0 atom stereocenters. The molecule has 0 aliphatic carbocycles. The van der Waals surface area contributed by atoms with Gasteiger partial charge in [-0.15, -0.1) is 0 Å². The Kier molecular flexibility index (Phi) is 2.03. The zero-order valence-corrected chi connectivity index (χ0v) is 9.65. The predicted octanol–water partition coefficient (Wildman–Crippen LogP) is 2.42. The summed E-state index contributed by atoms with van der Waals surface area (Å²) in [6.45, 7) is 0.211. The van der Waals surface area contributed by atoms with Crippen molar-refractivity contribution in [1.82, 2.24) is 5.16 Å². The Morgan fingerprint density at radius 3 is 2.88 bits per heavy atom. The van der Waals surface area contributed by atoms with Gasteiger partial charge < -0.3 is 19.7 Å². The summed E-state index contributed by atoms with van der Waals surface area (Å²) in [6.07, 6.45) is 0. The number of rotatable bonds is 1. The molecular weight excluding hydrogens is 276 g/mol. The molecule has 0 radical (unpaired) electrons. The van der Waals surface area contributed by atoms with E-state index >= 15 is 0 Å². The zero-order chi connectivity index (χ0) is 11.1. The summed E-state index contributed by atoms with van der Waals surface area (Å²) in [7, 11) is 0. The van der Waals surface area contributed by atoms with Crippen LogP contribution >= 0.6 is 15.9 Å². The van der Waals surface area contributed by atoms with Crippen LogP contribution in [-0.4, -0.2) is 11.9 Å². The summed E-state index contributed by atoms with van der Waals surface area (Å²) in [5, 5.41) is 3.64. The third-order valence-corrected chi connectivity index (χ3v) is 2.69. The van der Waals surface area contributed by atoms with Crippen molar-refractivity contribution in [3.63, 3.8) is 0 Å². The Morgan fingerprint density at radius 1 is 1.25 bits per heavy atom. The highest BCUT2D eigenvalue weighted by Gasteiger charge is 2.22. The SMILES string of the molecule is Nc1cc(-c2cc(Br)cc3c2OCO3)on1. The monoisotopic (exact) mass is 282 g/mol. The van der Waals surface area contributed by atoms with E-state index in [-0.39, 0.29) is 6.79 Å². The number of fused-ring (bicyclic) bond motifs is 1. The van der Waals surface area contributed by atoms with Gasteiger partial charge in [0.25, 0.3) is 0 Å². The third kappa shape index (κ3) is 1.42. The van der Waals surface area contributed by atoms with Crippen LogP contribution in [0.1, 0.15) is 0 Å². The molecule has 2 aromatic rings. The van der Waals surface area contributed by atoms with E-state index in [1.165, 1.54) is 0 Å². The van der Waals surface area contributed by atoms with Crippen molar-refractivity contribution >= 4 is 21.7 Å². The molecule has 1 aliphatic heterocycles. The summed E-state index contributed by atoms with van der Waals surface area (Å²) in [5.41, 5.74) is 6.28. The lowest BCUT2D eigenvalue weighted by Gasteiger charge is -2.02. The molecule has 0 saturated heterocycles. The molecule has 0 bridgehead atoms. The molecule has 5 nitrogen and oxygen atoms in total. The Balaban J connectivity index is 2.20.